The molecule has 1 aromatic carbocycles. The van der Waals surface area contributed by atoms with Crippen LogP contribution in [0.1, 0.15) is 46.6 Å². The second-order valence-electron chi connectivity index (χ2n) is 6.19. The number of benzene rings is 1. The average molecular weight is 267 g/mol. The van der Waals surface area contributed by atoms with E-state index in [9.17, 15) is 4.39 Å². The maximum absolute atomic E-state index is 13.9. The van der Waals surface area contributed by atoms with Crippen molar-refractivity contribution in [2.45, 2.75) is 53.1 Å². The molecule has 0 aliphatic carbocycles. The molecular formula is C16H26FNO. The zero-order valence-corrected chi connectivity index (χ0v) is 12.7. The highest BCUT2D eigenvalue weighted by Gasteiger charge is 2.10. The largest absolute Gasteiger partial charge is 0.490 e. The Morgan fingerprint density at radius 3 is 2.53 bits per heavy atom. The molecule has 0 spiro atoms. The molecule has 0 heterocycles. The summed E-state index contributed by atoms with van der Waals surface area (Å²) < 4.78 is 19.4. The Labute approximate surface area is 116 Å². The van der Waals surface area contributed by atoms with E-state index in [0.717, 1.165) is 12.0 Å². The molecule has 0 radical (unpaired) electrons. The number of hydrogen-bond acceptors (Lipinski definition) is 2. The summed E-state index contributed by atoms with van der Waals surface area (Å²) in [4.78, 5) is 0. The Balaban J connectivity index is 2.59. The molecule has 2 nitrogen and oxygen atoms in total. The van der Waals surface area contributed by atoms with Crippen molar-refractivity contribution in [2.75, 3.05) is 6.61 Å². The van der Waals surface area contributed by atoms with Gasteiger partial charge in [0.2, 0.25) is 0 Å². The third-order valence-corrected chi connectivity index (χ3v) is 3.04. The third kappa shape index (κ3) is 6.06. The lowest BCUT2D eigenvalue weighted by atomic mass is 10.1. The van der Waals surface area contributed by atoms with Crippen molar-refractivity contribution in [2.24, 2.45) is 5.92 Å². The highest BCUT2D eigenvalue weighted by atomic mass is 19.1. The van der Waals surface area contributed by atoms with Crippen LogP contribution in [0.15, 0.2) is 18.2 Å². The molecule has 1 unspecified atom stereocenters. The Morgan fingerprint density at radius 1 is 1.32 bits per heavy atom. The van der Waals surface area contributed by atoms with Gasteiger partial charge in [-0.15, -0.1) is 0 Å². The summed E-state index contributed by atoms with van der Waals surface area (Å²) in [5, 5.41) is 3.34. The molecule has 1 rings (SSSR count). The summed E-state index contributed by atoms with van der Waals surface area (Å²) in [6.07, 6.45) is 1.04. The molecule has 19 heavy (non-hydrogen) atoms. The summed E-state index contributed by atoms with van der Waals surface area (Å²) in [5.41, 5.74) is 0.964. The van der Waals surface area contributed by atoms with Crippen LogP contribution < -0.4 is 10.1 Å². The zero-order chi connectivity index (χ0) is 14.5. The van der Waals surface area contributed by atoms with E-state index in [1.165, 1.54) is 0 Å². The zero-order valence-electron chi connectivity index (χ0n) is 12.7. The van der Waals surface area contributed by atoms with E-state index in [1.54, 1.807) is 12.1 Å². The van der Waals surface area contributed by atoms with E-state index in [2.05, 4.69) is 39.9 Å². The fourth-order valence-corrected chi connectivity index (χ4v) is 1.49. The smallest absolute Gasteiger partial charge is 0.165 e. The van der Waals surface area contributed by atoms with Crippen molar-refractivity contribution in [1.82, 2.24) is 5.32 Å². The molecule has 0 aliphatic rings. The van der Waals surface area contributed by atoms with Gasteiger partial charge in [0.15, 0.2) is 11.6 Å². The maximum Gasteiger partial charge on any atom is 0.165 e. The van der Waals surface area contributed by atoms with E-state index in [1.807, 2.05) is 6.07 Å². The lowest BCUT2D eigenvalue weighted by Crippen LogP contribution is -2.35. The predicted molar refractivity (Wildman–Crippen MR) is 77.9 cm³/mol. The van der Waals surface area contributed by atoms with Gasteiger partial charge < -0.3 is 10.1 Å². The van der Waals surface area contributed by atoms with Crippen molar-refractivity contribution in [3.8, 4) is 5.75 Å². The standard InChI is InChI=1S/C16H26FNO/c1-6-12(2)11-19-15-8-7-13(9-14(15)17)10-18-16(3,4)5/h7-9,12,18H,6,10-11H2,1-5H3. The minimum atomic E-state index is -0.281. The molecule has 108 valence electrons. The van der Waals surface area contributed by atoms with Crippen molar-refractivity contribution in [3.05, 3.63) is 29.6 Å². The molecule has 0 aliphatic heterocycles. The van der Waals surface area contributed by atoms with Crippen molar-refractivity contribution < 1.29 is 9.13 Å². The molecular weight excluding hydrogens is 241 g/mol. The van der Waals surface area contributed by atoms with E-state index in [-0.39, 0.29) is 11.4 Å². The van der Waals surface area contributed by atoms with Gasteiger partial charge in [-0.1, -0.05) is 26.3 Å². The van der Waals surface area contributed by atoms with Gasteiger partial charge in [0, 0.05) is 12.1 Å². The molecule has 3 heteroatoms. The summed E-state index contributed by atoms with van der Waals surface area (Å²) in [5.74, 6) is 0.512. The first-order chi connectivity index (χ1) is 8.81. The molecule has 0 bridgehead atoms. The molecule has 1 atom stereocenters. The lowest BCUT2D eigenvalue weighted by Gasteiger charge is -2.20. The summed E-state index contributed by atoms with van der Waals surface area (Å²) >= 11 is 0. The molecule has 0 saturated heterocycles. The first-order valence-electron chi connectivity index (χ1n) is 6.98. The first kappa shape index (κ1) is 16.0. The summed E-state index contributed by atoms with van der Waals surface area (Å²) in [6.45, 7) is 11.7. The Kier molecular flexibility index (Phi) is 5.80. The molecule has 1 N–H and O–H groups in total. The van der Waals surface area contributed by atoms with Gasteiger partial charge in [-0.2, -0.15) is 0 Å². The van der Waals surface area contributed by atoms with Crippen LogP contribution in [0.3, 0.4) is 0 Å². The van der Waals surface area contributed by atoms with Gasteiger partial charge in [-0.05, 0) is 44.4 Å². The van der Waals surface area contributed by atoms with Crippen LogP contribution in [0.5, 0.6) is 5.75 Å². The SMILES string of the molecule is CCC(C)COc1ccc(CNC(C)(C)C)cc1F. The van der Waals surface area contributed by atoms with Gasteiger partial charge in [0.1, 0.15) is 0 Å². The van der Waals surface area contributed by atoms with E-state index in [0.29, 0.717) is 24.8 Å². The van der Waals surface area contributed by atoms with Gasteiger partial charge in [0.25, 0.3) is 0 Å². The second-order valence-corrected chi connectivity index (χ2v) is 6.19. The van der Waals surface area contributed by atoms with Crippen LogP contribution in [-0.4, -0.2) is 12.1 Å². The Morgan fingerprint density at radius 2 is 2.00 bits per heavy atom. The number of ether oxygens (including phenoxy) is 1. The molecule has 0 saturated carbocycles. The summed E-state index contributed by atoms with van der Waals surface area (Å²) in [7, 11) is 0. The highest BCUT2D eigenvalue weighted by molar-refractivity contribution is 5.29. The number of hydrogen-bond donors (Lipinski definition) is 1. The van der Waals surface area contributed by atoms with Crippen molar-refractivity contribution >= 4 is 0 Å². The van der Waals surface area contributed by atoms with E-state index in [4.69, 9.17) is 4.74 Å². The predicted octanol–water partition coefficient (Wildman–Crippen LogP) is 4.14. The van der Waals surface area contributed by atoms with Crippen LogP contribution in [-0.2, 0) is 6.54 Å². The normalized spacial score (nSPS) is 13.4. The lowest BCUT2D eigenvalue weighted by molar-refractivity contribution is 0.246. The molecule has 1 aromatic rings. The quantitative estimate of drug-likeness (QED) is 0.836. The monoisotopic (exact) mass is 267 g/mol. The van der Waals surface area contributed by atoms with Gasteiger partial charge >= 0.3 is 0 Å². The van der Waals surface area contributed by atoms with Crippen LogP contribution in [0.25, 0.3) is 0 Å². The molecule has 0 fully saturated rings. The molecule has 0 aromatic heterocycles. The fraction of sp³-hybridized carbons (Fsp3) is 0.625. The number of rotatable bonds is 6. The first-order valence-corrected chi connectivity index (χ1v) is 6.98. The van der Waals surface area contributed by atoms with Gasteiger partial charge in [-0.3, -0.25) is 0 Å². The Hall–Kier alpha value is -1.09. The van der Waals surface area contributed by atoms with Gasteiger partial charge in [-0.25, -0.2) is 4.39 Å². The topological polar surface area (TPSA) is 21.3 Å². The van der Waals surface area contributed by atoms with E-state index < -0.39 is 0 Å². The molecule has 0 amide bonds. The maximum atomic E-state index is 13.9. The van der Waals surface area contributed by atoms with Crippen molar-refractivity contribution in [3.63, 3.8) is 0 Å². The third-order valence-electron chi connectivity index (χ3n) is 3.04. The van der Waals surface area contributed by atoms with Crippen molar-refractivity contribution in [1.29, 1.82) is 0 Å². The van der Waals surface area contributed by atoms with E-state index >= 15 is 0 Å². The number of halogens is 1. The van der Waals surface area contributed by atoms with Crippen LogP contribution >= 0.6 is 0 Å². The highest BCUT2D eigenvalue weighted by Crippen LogP contribution is 2.20. The number of nitrogens with one attached hydrogen (secondary N) is 1. The van der Waals surface area contributed by atoms with Gasteiger partial charge in [0.05, 0.1) is 6.61 Å². The van der Waals surface area contributed by atoms with Crippen LogP contribution in [0.2, 0.25) is 0 Å². The summed E-state index contributed by atoms with van der Waals surface area (Å²) in [6, 6.07) is 5.18. The average Bonchev–Trinajstić information content (AvgIpc) is 2.34. The minimum Gasteiger partial charge on any atom is -0.490 e. The Bertz CT molecular complexity index is 398. The minimum absolute atomic E-state index is 0.0300. The second kappa shape index (κ2) is 6.90. The fourth-order valence-electron chi connectivity index (χ4n) is 1.49. The van der Waals surface area contributed by atoms with Crippen LogP contribution in [0, 0.1) is 11.7 Å². The van der Waals surface area contributed by atoms with Crippen LogP contribution in [0.4, 0.5) is 4.39 Å².